The predicted molar refractivity (Wildman–Crippen MR) is 111 cm³/mol. The molecule has 0 aliphatic heterocycles. The molecular formula is C19H40O4Si2. The summed E-state index contributed by atoms with van der Waals surface area (Å²) in [5, 5.41) is 0.144. The zero-order chi connectivity index (χ0) is 19.2. The van der Waals surface area contributed by atoms with Crippen molar-refractivity contribution in [3.8, 4) is 0 Å². The SMILES string of the molecule is CCC=C[Si](OCC)(OCC)C(CC)[Si](C=CCC)(OCC)OCC. The minimum absolute atomic E-state index is 0.144. The third-order valence-electron chi connectivity index (χ3n) is 4.03. The lowest BCUT2D eigenvalue weighted by molar-refractivity contribution is 0.159. The first-order chi connectivity index (χ1) is 12.1. The lowest BCUT2D eigenvalue weighted by Gasteiger charge is -2.42. The molecule has 0 aromatic carbocycles. The van der Waals surface area contributed by atoms with Gasteiger partial charge in [0.25, 0.3) is 0 Å². The van der Waals surface area contributed by atoms with Crippen LogP contribution in [0.1, 0.15) is 67.7 Å². The molecule has 0 amide bonds. The van der Waals surface area contributed by atoms with Crippen molar-refractivity contribution in [1.29, 1.82) is 0 Å². The molecule has 0 rings (SSSR count). The molecule has 0 N–H and O–H groups in total. The zero-order valence-electron chi connectivity index (χ0n) is 17.5. The van der Waals surface area contributed by atoms with Crippen LogP contribution in [0.4, 0.5) is 0 Å². The molecule has 0 bridgehead atoms. The van der Waals surface area contributed by atoms with Crippen LogP contribution in [0.3, 0.4) is 0 Å². The van der Waals surface area contributed by atoms with E-state index < -0.39 is 17.1 Å². The lowest BCUT2D eigenvalue weighted by Crippen LogP contribution is -2.59. The van der Waals surface area contributed by atoms with Crippen LogP contribution in [-0.4, -0.2) is 43.5 Å². The summed E-state index contributed by atoms with van der Waals surface area (Å²) in [5.41, 5.74) is 4.43. The second-order valence-electron chi connectivity index (χ2n) is 5.76. The quantitative estimate of drug-likeness (QED) is 0.354. The Hall–Kier alpha value is -0.246. The highest BCUT2D eigenvalue weighted by atomic mass is 28.4. The maximum Gasteiger partial charge on any atom is 0.370 e. The second kappa shape index (κ2) is 13.9. The minimum Gasteiger partial charge on any atom is -0.391 e. The molecule has 0 aliphatic rings. The molecule has 4 nitrogen and oxygen atoms in total. The van der Waals surface area contributed by atoms with Crippen molar-refractivity contribution in [1.82, 2.24) is 0 Å². The van der Waals surface area contributed by atoms with E-state index >= 15 is 0 Å². The Morgan fingerprint density at radius 3 is 1.12 bits per heavy atom. The van der Waals surface area contributed by atoms with Gasteiger partial charge in [0.15, 0.2) is 0 Å². The minimum atomic E-state index is -2.63. The predicted octanol–water partition coefficient (Wildman–Crippen LogP) is 5.35. The van der Waals surface area contributed by atoms with Gasteiger partial charge in [-0.25, -0.2) is 0 Å². The molecule has 0 fully saturated rings. The Bertz CT molecular complexity index is 340. The summed E-state index contributed by atoms with van der Waals surface area (Å²) in [6.07, 6.45) is 7.21. The summed E-state index contributed by atoms with van der Waals surface area (Å²) in [6.45, 7) is 17.2. The monoisotopic (exact) mass is 388 g/mol. The summed E-state index contributed by atoms with van der Waals surface area (Å²) in [7, 11) is -5.25. The van der Waals surface area contributed by atoms with E-state index in [4.69, 9.17) is 17.7 Å². The van der Waals surface area contributed by atoms with E-state index in [9.17, 15) is 0 Å². The molecule has 0 atom stereocenters. The van der Waals surface area contributed by atoms with Gasteiger partial charge in [-0.05, 0) is 58.4 Å². The largest absolute Gasteiger partial charge is 0.391 e. The van der Waals surface area contributed by atoms with Crippen molar-refractivity contribution in [2.75, 3.05) is 26.4 Å². The highest BCUT2D eigenvalue weighted by molar-refractivity contribution is 6.93. The van der Waals surface area contributed by atoms with Crippen molar-refractivity contribution in [3.63, 3.8) is 0 Å². The summed E-state index contributed by atoms with van der Waals surface area (Å²) < 4.78 is 25.5. The van der Waals surface area contributed by atoms with Crippen LogP contribution < -0.4 is 0 Å². The van der Waals surface area contributed by atoms with Crippen LogP contribution in [0.5, 0.6) is 0 Å². The standard InChI is InChI=1S/C19H40O4Si2/c1-8-15-17-24(20-11-4,21-12-5)19(10-3)25(22-13-6,23-14-7)18-16-9-2/h15-19H,8-14H2,1-7H3. The van der Waals surface area contributed by atoms with Crippen molar-refractivity contribution in [2.24, 2.45) is 0 Å². The Balaban J connectivity index is 6.27. The van der Waals surface area contributed by atoms with Crippen LogP contribution >= 0.6 is 0 Å². The molecule has 0 spiro atoms. The Morgan fingerprint density at radius 1 is 0.600 bits per heavy atom. The van der Waals surface area contributed by atoms with E-state index in [1.54, 1.807) is 0 Å². The highest BCUT2D eigenvalue weighted by Crippen LogP contribution is 2.40. The van der Waals surface area contributed by atoms with Crippen LogP contribution in [0, 0.1) is 0 Å². The fraction of sp³-hybridized carbons (Fsp3) is 0.789. The maximum atomic E-state index is 6.37. The average molecular weight is 389 g/mol. The van der Waals surface area contributed by atoms with Crippen LogP contribution in [0.15, 0.2) is 23.6 Å². The first-order valence-electron chi connectivity index (χ1n) is 9.97. The maximum absolute atomic E-state index is 6.37. The van der Waals surface area contributed by atoms with Gasteiger partial charge < -0.3 is 17.7 Å². The van der Waals surface area contributed by atoms with E-state index in [0.29, 0.717) is 26.4 Å². The second-order valence-corrected chi connectivity index (χ2v) is 12.4. The molecule has 0 aromatic heterocycles. The molecule has 0 unspecified atom stereocenters. The van der Waals surface area contributed by atoms with E-state index in [1.807, 2.05) is 27.7 Å². The number of hydrogen-bond donors (Lipinski definition) is 0. The average Bonchev–Trinajstić information content (AvgIpc) is 2.59. The Labute approximate surface area is 158 Å². The normalized spacial score (nSPS) is 14.7. The molecule has 0 aromatic rings. The van der Waals surface area contributed by atoms with E-state index in [0.717, 1.165) is 19.3 Å². The summed E-state index contributed by atoms with van der Waals surface area (Å²) in [4.78, 5) is 0. The molecule has 25 heavy (non-hydrogen) atoms. The van der Waals surface area contributed by atoms with Gasteiger partial charge in [-0.3, -0.25) is 0 Å². The smallest absolute Gasteiger partial charge is 0.370 e. The molecular weight excluding hydrogens is 348 g/mol. The molecule has 0 aliphatic carbocycles. The highest BCUT2D eigenvalue weighted by Gasteiger charge is 2.57. The van der Waals surface area contributed by atoms with Gasteiger partial charge in [-0.2, -0.15) is 0 Å². The van der Waals surface area contributed by atoms with E-state index in [2.05, 4.69) is 44.3 Å². The Kier molecular flexibility index (Phi) is 13.8. The third-order valence-corrected chi connectivity index (χ3v) is 13.6. The fourth-order valence-electron chi connectivity index (χ4n) is 3.23. The van der Waals surface area contributed by atoms with Gasteiger partial charge in [0.05, 0.1) is 5.16 Å². The fourth-order valence-corrected chi connectivity index (χ4v) is 12.9. The van der Waals surface area contributed by atoms with Crippen molar-refractivity contribution in [3.05, 3.63) is 23.6 Å². The van der Waals surface area contributed by atoms with Crippen molar-refractivity contribution in [2.45, 2.75) is 72.9 Å². The Morgan fingerprint density at radius 2 is 0.920 bits per heavy atom. The topological polar surface area (TPSA) is 36.9 Å². The molecule has 0 saturated heterocycles. The van der Waals surface area contributed by atoms with Gasteiger partial charge in [0, 0.05) is 26.4 Å². The van der Waals surface area contributed by atoms with Gasteiger partial charge in [-0.15, -0.1) is 0 Å². The summed E-state index contributed by atoms with van der Waals surface area (Å²) in [5.74, 6) is 0. The first kappa shape index (κ1) is 24.8. The van der Waals surface area contributed by atoms with Gasteiger partial charge in [-0.1, -0.05) is 32.9 Å². The van der Waals surface area contributed by atoms with E-state index in [1.165, 1.54) is 0 Å². The number of hydrogen-bond acceptors (Lipinski definition) is 4. The molecule has 6 heteroatoms. The van der Waals surface area contributed by atoms with Gasteiger partial charge >= 0.3 is 17.1 Å². The third kappa shape index (κ3) is 7.11. The molecule has 0 saturated carbocycles. The van der Waals surface area contributed by atoms with Crippen LogP contribution in [0.2, 0.25) is 5.16 Å². The van der Waals surface area contributed by atoms with Crippen LogP contribution in [0.25, 0.3) is 0 Å². The van der Waals surface area contributed by atoms with Crippen LogP contribution in [-0.2, 0) is 17.7 Å². The molecule has 0 heterocycles. The van der Waals surface area contributed by atoms with Gasteiger partial charge in [0.2, 0.25) is 0 Å². The summed E-state index contributed by atoms with van der Waals surface area (Å²) in [6, 6.07) is 0. The number of rotatable bonds is 15. The first-order valence-corrected chi connectivity index (χ1v) is 13.9. The molecule has 148 valence electrons. The summed E-state index contributed by atoms with van der Waals surface area (Å²) >= 11 is 0. The van der Waals surface area contributed by atoms with Gasteiger partial charge in [0.1, 0.15) is 0 Å². The number of allylic oxidation sites excluding steroid dienone is 2. The zero-order valence-corrected chi connectivity index (χ0v) is 19.5. The van der Waals surface area contributed by atoms with Crippen molar-refractivity contribution < 1.29 is 17.7 Å². The van der Waals surface area contributed by atoms with Crippen molar-refractivity contribution >= 4 is 17.1 Å². The lowest BCUT2D eigenvalue weighted by atomic mass is 10.5. The molecule has 0 radical (unpaired) electrons. The van der Waals surface area contributed by atoms with E-state index in [-0.39, 0.29) is 5.16 Å².